The minimum atomic E-state index is 0.867. The number of hydrogen-bond acceptors (Lipinski definition) is 1. The van der Waals surface area contributed by atoms with E-state index in [9.17, 15) is 0 Å². The normalized spacial score (nSPS) is 11.5. The average molecular weight is 614 g/mol. The first kappa shape index (κ1) is 27.8. The van der Waals surface area contributed by atoms with Gasteiger partial charge in [0.1, 0.15) is 0 Å². The van der Waals surface area contributed by atoms with E-state index in [0.29, 0.717) is 0 Å². The predicted octanol–water partition coefficient (Wildman–Crippen LogP) is 11.9. The van der Waals surface area contributed by atoms with Gasteiger partial charge in [-0.1, -0.05) is 92.0 Å². The van der Waals surface area contributed by atoms with Crippen LogP contribution in [-0.4, -0.2) is 14.1 Å². The van der Waals surface area contributed by atoms with Gasteiger partial charge in [0.25, 0.3) is 0 Å². The molecule has 9 aromatic rings. The molecule has 3 aromatic heterocycles. The number of benzene rings is 6. The lowest BCUT2D eigenvalue weighted by atomic mass is 9.98. The molecule has 0 N–H and O–H groups in total. The number of nitrogens with zero attached hydrogens (tertiary/aromatic N) is 3. The van der Waals surface area contributed by atoms with Crippen molar-refractivity contribution in [2.45, 2.75) is 0 Å². The Bertz CT molecular complexity index is 2630. The van der Waals surface area contributed by atoms with Gasteiger partial charge in [-0.25, -0.2) is 0 Å². The van der Waals surface area contributed by atoms with E-state index in [-0.39, 0.29) is 0 Å². The Balaban J connectivity index is 1.26. The number of rotatable bonds is 6. The third-order valence-electron chi connectivity index (χ3n) is 9.50. The molecule has 48 heavy (non-hydrogen) atoms. The van der Waals surface area contributed by atoms with Gasteiger partial charge in [-0.3, -0.25) is 4.98 Å². The van der Waals surface area contributed by atoms with Crippen LogP contribution in [0.1, 0.15) is 0 Å². The second kappa shape index (κ2) is 11.1. The molecular formula is C45H31N3. The van der Waals surface area contributed by atoms with Crippen molar-refractivity contribution in [3.05, 3.63) is 177 Å². The van der Waals surface area contributed by atoms with E-state index >= 15 is 0 Å². The number of fused-ring (bicyclic) bond motifs is 6. The smallest absolute Gasteiger partial charge is 0.0541 e. The number of allylic oxidation sites excluding steroid dienone is 2. The Hall–Kier alpha value is -6.45. The van der Waals surface area contributed by atoms with Gasteiger partial charge in [0.05, 0.1) is 22.1 Å². The summed E-state index contributed by atoms with van der Waals surface area (Å²) in [6.45, 7) is 8.26. The van der Waals surface area contributed by atoms with Gasteiger partial charge in [0.2, 0.25) is 0 Å². The summed E-state index contributed by atoms with van der Waals surface area (Å²) in [5.41, 5.74) is 13.6. The van der Waals surface area contributed by atoms with Crippen LogP contribution in [-0.2, 0) is 0 Å². The maximum Gasteiger partial charge on any atom is 0.0541 e. The highest BCUT2D eigenvalue weighted by Gasteiger charge is 2.17. The van der Waals surface area contributed by atoms with E-state index in [1.54, 1.807) is 0 Å². The molecule has 0 aliphatic carbocycles. The molecule has 0 spiro atoms. The Morgan fingerprint density at radius 3 is 1.67 bits per heavy atom. The van der Waals surface area contributed by atoms with E-state index < -0.39 is 0 Å². The molecule has 3 heterocycles. The molecule has 9 rings (SSSR count). The minimum absolute atomic E-state index is 0.867. The molecule has 3 heteroatoms. The SMILES string of the molecule is C=CC(=C)n1c2ccccc2c2cc(-c3ccc4c(c3)c3ccccc3n4-c3cc(-c4ccccc4)cc(-c4ccncc4)c3)ccc21. The third-order valence-corrected chi connectivity index (χ3v) is 9.50. The summed E-state index contributed by atoms with van der Waals surface area (Å²) in [4.78, 5) is 4.27. The topological polar surface area (TPSA) is 22.8 Å². The molecular weight excluding hydrogens is 583 g/mol. The highest BCUT2D eigenvalue weighted by Crippen LogP contribution is 2.39. The van der Waals surface area contributed by atoms with Crippen molar-refractivity contribution in [3.8, 4) is 39.1 Å². The zero-order valence-corrected chi connectivity index (χ0v) is 26.3. The summed E-state index contributed by atoms with van der Waals surface area (Å²) in [6, 6.07) is 52.5. The lowest BCUT2D eigenvalue weighted by molar-refractivity contribution is 1.18. The molecule has 0 amide bonds. The highest BCUT2D eigenvalue weighted by atomic mass is 15.0. The first-order valence-electron chi connectivity index (χ1n) is 16.2. The molecule has 0 aliphatic heterocycles. The summed E-state index contributed by atoms with van der Waals surface area (Å²) in [6.07, 6.45) is 5.53. The highest BCUT2D eigenvalue weighted by molar-refractivity contribution is 6.13. The zero-order chi connectivity index (χ0) is 32.2. The lowest BCUT2D eigenvalue weighted by Gasteiger charge is -2.14. The quantitative estimate of drug-likeness (QED) is 0.171. The van der Waals surface area contributed by atoms with Crippen molar-refractivity contribution in [1.29, 1.82) is 0 Å². The van der Waals surface area contributed by atoms with Gasteiger partial charge in [0.15, 0.2) is 0 Å². The van der Waals surface area contributed by atoms with E-state index in [4.69, 9.17) is 0 Å². The molecule has 0 saturated carbocycles. The number of hydrogen-bond donors (Lipinski definition) is 0. The van der Waals surface area contributed by atoms with Crippen molar-refractivity contribution < 1.29 is 0 Å². The number of aromatic nitrogens is 3. The Kier molecular flexibility index (Phi) is 6.44. The molecule has 3 nitrogen and oxygen atoms in total. The van der Waals surface area contributed by atoms with Crippen LogP contribution >= 0.6 is 0 Å². The molecule has 0 bridgehead atoms. The van der Waals surface area contributed by atoms with E-state index in [0.717, 1.165) is 33.5 Å². The van der Waals surface area contributed by atoms with Crippen LogP contribution in [0, 0.1) is 0 Å². The van der Waals surface area contributed by atoms with Crippen LogP contribution in [0.2, 0.25) is 0 Å². The van der Waals surface area contributed by atoms with Gasteiger partial charge < -0.3 is 9.13 Å². The fourth-order valence-corrected chi connectivity index (χ4v) is 7.23. The van der Waals surface area contributed by atoms with Crippen molar-refractivity contribution in [3.63, 3.8) is 0 Å². The standard InChI is InChI=1S/C45H31N3/c1-3-30(2)47-42-15-9-7-13-38(42)40-28-33(17-19-44(40)47)34-18-20-45-41(29-34)39-14-8-10-16-43(39)48(45)37-26-35(31-11-5-4-6-12-31)25-36(27-37)32-21-23-46-24-22-32/h3-29H,1-2H2. The van der Waals surface area contributed by atoms with Gasteiger partial charge >= 0.3 is 0 Å². The summed E-state index contributed by atoms with van der Waals surface area (Å²) in [5, 5.41) is 4.86. The minimum Gasteiger partial charge on any atom is -0.310 e. The molecule has 0 fully saturated rings. The van der Waals surface area contributed by atoms with E-state index in [2.05, 4.69) is 173 Å². The number of pyridine rings is 1. The van der Waals surface area contributed by atoms with Gasteiger partial charge in [0, 0.05) is 45.3 Å². The van der Waals surface area contributed by atoms with Crippen LogP contribution < -0.4 is 0 Å². The first-order chi connectivity index (χ1) is 23.7. The summed E-state index contributed by atoms with van der Waals surface area (Å²) >= 11 is 0. The Morgan fingerprint density at radius 2 is 0.979 bits per heavy atom. The monoisotopic (exact) mass is 613 g/mol. The molecule has 226 valence electrons. The van der Waals surface area contributed by atoms with Crippen molar-refractivity contribution in [1.82, 2.24) is 14.1 Å². The second-order valence-corrected chi connectivity index (χ2v) is 12.2. The Morgan fingerprint density at radius 1 is 0.458 bits per heavy atom. The van der Waals surface area contributed by atoms with Gasteiger partial charge in [-0.2, -0.15) is 0 Å². The molecule has 0 aliphatic rings. The maximum absolute atomic E-state index is 4.27. The van der Waals surface area contributed by atoms with Crippen LogP contribution in [0.15, 0.2) is 177 Å². The van der Waals surface area contributed by atoms with Crippen molar-refractivity contribution >= 4 is 49.3 Å². The van der Waals surface area contributed by atoms with Gasteiger partial charge in [-0.05, 0) is 106 Å². The lowest BCUT2D eigenvalue weighted by Crippen LogP contribution is -1.96. The maximum atomic E-state index is 4.27. The third kappa shape index (κ3) is 4.40. The fraction of sp³-hybridized carbons (Fsp3) is 0. The van der Waals surface area contributed by atoms with Crippen LogP contribution in [0.5, 0.6) is 0 Å². The van der Waals surface area contributed by atoms with Gasteiger partial charge in [-0.15, -0.1) is 0 Å². The van der Waals surface area contributed by atoms with E-state index in [1.165, 1.54) is 54.8 Å². The summed E-state index contributed by atoms with van der Waals surface area (Å²) in [5.74, 6) is 0. The van der Waals surface area contributed by atoms with Crippen LogP contribution in [0.4, 0.5) is 0 Å². The second-order valence-electron chi connectivity index (χ2n) is 12.2. The largest absolute Gasteiger partial charge is 0.310 e. The first-order valence-corrected chi connectivity index (χ1v) is 16.2. The van der Waals surface area contributed by atoms with Crippen LogP contribution in [0.25, 0.3) is 88.4 Å². The zero-order valence-electron chi connectivity index (χ0n) is 26.3. The van der Waals surface area contributed by atoms with Crippen molar-refractivity contribution in [2.75, 3.05) is 0 Å². The van der Waals surface area contributed by atoms with Crippen molar-refractivity contribution in [2.24, 2.45) is 0 Å². The summed E-state index contributed by atoms with van der Waals surface area (Å²) in [7, 11) is 0. The molecule has 6 aromatic carbocycles. The molecule has 0 saturated heterocycles. The summed E-state index contributed by atoms with van der Waals surface area (Å²) < 4.78 is 4.60. The fourth-order valence-electron chi connectivity index (χ4n) is 7.23. The molecule has 0 unspecified atom stereocenters. The van der Waals surface area contributed by atoms with E-state index in [1.807, 2.05) is 18.5 Å². The molecule has 0 atom stereocenters. The average Bonchev–Trinajstić information content (AvgIpc) is 3.67. The molecule has 0 radical (unpaired) electrons. The Labute approximate surface area is 279 Å². The number of para-hydroxylation sites is 2. The predicted molar refractivity (Wildman–Crippen MR) is 203 cm³/mol. The van der Waals surface area contributed by atoms with Crippen LogP contribution in [0.3, 0.4) is 0 Å².